The Morgan fingerprint density at radius 2 is 1.97 bits per heavy atom. The molecule has 3 aliphatic rings. The molecule has 3 saturated heterocycles. The number of fused-ring (bicyclic) bond motifs is 5. The van der Waals surface area contributed by atoms with Crippen LogP contribution in [0.2, 0.25) is 0 Å². The van der Waals surface area contributed by atoms with E-state index in [1.165, 1.54) is 6.07 Å². The minimum absolute atomic E-state index is 0.144. The van der Waals surface area contributed by atoms with Gasteiger partial charge in [-0.05, 0) is 39.0 Å². The van der Waals surface area contributed by atoms with Gasteiger partial charge in [-0.2, -0.15) is 18.4 Å². The van der Waals surface area contributed by atoms with Gasteiger partial charge in [-0.15, -0.1) is 0 Å². The predicted octanol–water partition coefficient (Wildman–Crippen LogP) is 2.75. The number of benzene rings is 1. The van der Waals surface area contributed by atoms with E-state index < -0.39 is 64.3 Å². The highest BCUT2D eigenvalue weighted by Gasteiger charge is 2.76. The minimum Gasteiger partial charge on any atom is -0.450 e. The number of nitrogens with one attached hydrogen (secondary N) is 1. The lowest BCUT2D eigenvalue weighted by Gasteiger charge is -2.35. The van der Waals surface area contributed by atoms with Gasteiger partial charge in [-0.25, -0.2) is 9.69 Å². The summed E-state index contributed by atoms with van der Waals surface area (Å²) in [7, 11) is 0. The van der Waals surface area contributed by atoms with E-state index in [-0.39, 0.29) is 18.7 Å². The van der Waals surface area contributed by atoms with Crippen LogP contribution in [0.25, 0.3) is 0 Å². The Hall–Kier alpha value is -3.13. The molecule has 1 aromatic rings. The van der Waals surface area contributed by atoms with Crippen LogP contribution in [-0.4, -0.2) is 41.8 Å². The molecule has 1 N–H and O–H groups in total. The molecule has 170 valence electrons. The second-order valence-electron chi connectivity index (χ2n) is 8.53. The number of alkyl halides is 3. The maximum Gasteiger partial charge on any atom is 0.417 e. The number of nitrogens with zero attached hydrogens (tertiary/aromatic N) is 2. The Labute approximate surface area is 181 Å². The van der Waals surface area contributed by atoms with Gasteiger partial charge in [0.05, 0.1) is 58.6 Å². The standard InChI is InChI=1S/C21H20F3N3O5/c1-4-31-18(30)26-13-8-19(2)14-15(20(13,3)32-19)17(29)27(16(14)28)11-6-5-10(9-25)12(7-11)21(22,23)24/h5-7,13-15H,4,8H2,1-3H3,(H,26,30). The highest BCUT2D eigenvalue weighted by atomic mass is 19.4. The van der Waals surface area contributed by atoms with Crippen molar-refractivity contribution in [3.05, 3.63) is 29.3 Å². The lowest BCUT2D eigenvalue weighted by molar-refractivity contribution is -0.138. The van der Waals surface area contributed by atoms with Gasteiger partial charge in [0.25, 0.3) is 0 Å². The van der Waals surface area contributed by atoms with Crippen molar-refractivity contribution in [2.75, 3.05) is 11.5 Å². The molecule has 0 aliphatic carbocycles. The monoisotopic (exact) mass is 451 g/mol. The Morgan fingerprint density at radius 1 is 1.31 bits per heavy atom. The molecule has 5 unspecified atom stereocenters. The molecule has 0 radical (unpaired) electrons. The minimum atomic E-state index is -4.84. The summed E-state index contributed by atoms with van der Waals surface area (Å²) in [4.78, 5) is 39.3. The van der Waals surface area contributed by atoms with Gasteiger partial charge in [0.2, 0.25) is 11.8 Å². The van der Waals surface area contributed by atoms with E-state index in [2.05, 4.69) is 5.32 Å². The van der Waals surface area contributed by atoms with Gasteiger partial charge < -0.3 is 14.8 Å². The van der Waals surface area contributed by atoms with Crippen molar-refractivity contribution in [3.8, 4) is 6.07 Å². The van der Waals surface area contributed by atoms with Crippen LogP contribution in [0.1, 0.15) is 38.3 Å². The molecule has 0 saturated carbocycles. The van der Waals surface area contributed by atoms with E-state index in [4.69, 9.17) is 14.7 Å². The molecule has 2 bridgehead atoms. The topological polar surface area (TPSA) is 109 Å². The molecule has 11 heteroatoms. The number of alkyl carbamates (subject to hydrolysis) is 1. The second-order valence-corrected chi connectivity index (χ2v) is 8.53. The van der Waals surface area contributed by atoms with Gasteiger partial charge in [-0.3, -0.25) is 9.59 Å². The van der Waals surface area contributed by atoms with Crippen LogP contribution in [0.15, 0.2) is 18.2 Å². The normalized spacial score (nSPS) is 33.3. The number of carbonyl (C=O) groups excluding carboxylic acids is 3. The first-order valence-corrected chi connectivity index (χ1v) is 10.00. The van der Waals surface area contributed by atoms with E-state index in [9.17, 15) is 27.6 Å². The third-order valence-electron chi connectivity index (χ3n) is 6.59. The first-order chi connectivity index (χ1) is 14.9. The molecule has 8 nitrogen and oxygen atoms in total. The van der Waals surface area contributed by atoms with E-state index in [1.54, 1.807) is 20.8 Å². The van der Waals surface area contributed by atoms with E-state index in [0.717, 1.165) is 17.0 Å². The third-order valence-corrected chi connectivity index (χ3v) is 6.59. The van der Waals surface area contributed by atoms with Crippen LogP contribution < -0.4 is 10.2 Å². The number of amides is 3. The van der Waals surface area contributed by atoms with Crippen LogP contribution in [-0.2, 0) is 25.2 Å². The Balaban J connectivity index is 1.72. The number of nitriles is 1. The summed E-state index contributed by atoms with van der Waals surface area (Å²) in [6.07, 6.45) is -5.29. The molecule has 3 heterocycles. The maximum atomic E-state index is 13.4. The molecule has 3 aliphatic heterocycles. The summed E-state index contributed by atoms with van der Waals surface area (Å²) in [5, 5.41) is 11.7. The van der Waals surface area contributed by atoms with Crippen molar-refractivity contribution in [2.45, 2.75) is 50.6 Å². The summed E-state index contributed by atoms with van der Waals surface area (Å²) >= 11 is 0. The van der Waals surface area contributed by atoms with Crippen LogP contribution in [0, 0.1) is 23.2 Å². The third kappa shape index (κ3) is 2.97. The average Bonchev–Trinajstić information content (AvgIpc) is 3.21. The number of hydrogen-bond acceptors (Lipinski definition) is 6. The van der Waals surface area contributed by atoms with Gasteiger partial charge >= 0.3 is 12.3 Å². The number of imide groups is 1. The lowest BCUT2D eigenvalue weighted by atomic mass is 9.66. The highest BCUT2D eigenvalue weighted by Crippen LogP contribution is 2.61. The molecular formula is C21H20F3N3O5. The number of halogens is 3. The van der Waals surface area contributed by atoms with Gasteiger partial charge in [0.15, 0.2) is 0 Å². The first kappa shape index (κ1) is 22.1. The summed E-state index contributed by atoms with van der Waals surface area (Å²) in [6.45, 7) is 5.04. The molecular weight excluding hydrogens is 431 g/mol. The number of rotatable bonds is 3. The fraction of sp³-hybridized carbons (Fsp3) is 0.524. The Bertz CT molecular complexity index is 1070. The van der Waals surface area contributed by atoms with Crippen molar-refractivity contribution in [3.63, 3.8) is 0 Å². The van der Waals surface area contributed by atoms with Crippen molar-refractivity contribution in [1.82, 2.24) is 5.32 Å². The Kier molecular flexibility index (Phi) is 4.78. The zero-order valence-corrected chi connectivity index (χ0v) is 17.4. The molecule has 5 atom stereocenters. The maximum absolute atomic E-state index is 13.4. The van der Waals surface area contributed by atoms with Gasteiger partial charge in [-0.1, -0.05) is 0 Å². The molecule has 0 aromatic heterocycles. The van der Waals surface area contributed by atoms with E-state index in [0.29, 0.717) is 6.07 Å². The van der Waals surface area contributed by atoms with E-state index in [1.807, 2.05) is 0 Å². The van der Waals surface area contributed by atoms with Crippen LogP contribution in [0.5, 0.6) is 0 Å². The zero-order valence-electron chi connectivity index (χ0n) is 17.4. The second kappa shape index (κ2) is 6.93. The SMILES string of the molecule is CCOC(=O)NC1CC2(C)OC1(C)C1C(=O)N(c3ccc(C#N)c(C(F)(F)F)c3)C(=O)C12. The summed E-state index contributed by atoms with van der Waals surface area (Å²) in [5.41, 5.74) is -4.44. The predicted molar refractivity (Wildman–Crippen MR) is 102 cm³/mol. The number of hydrogen-bond donors (Lipinski definition) is 1. The first-order valence-electron chi connectivity index (χ1n) is 10.00. The van der Waals surface area contributed by atoms with Crippen molar-refractivity contribution in [2.24, 2.45) is 11.8 Å². The number of anilines is 1. The zero-order chi connectivity index (χ0) is 23.6. The number of carbonyl (C=O) groups is 3. The molecule has 3 amide bonds. The molecule has 0 spiro atoms. The van der Waals surface area contributed by atoms with Gasteiger partial charge in [0, 0.05) is 6.42 Å². The van der Waals surface area contributed by atoms with Crippen LogP contribution >= 0.6 is 0 Å². The Morgan fingerprint density at radius 3 is 2.56 bits per heavy atom. The van der Waals surface area contributed by atoms with Crippen molar-refractivity contribution >= 4 is 23.6 Å². The van der Waals surface area contributed by atoms with Crippen molar-refractivity contribution in [1.29, 1.82) is 5.26 Å². The lowest BCUT2D eigenvalue weighted by Crippen LogP contribution is -2.56. The van der Waals surface area contributed by atoms with Crippen molar-refractivity contribution < 1.29 is 37.0 Å². The summed E-state index contributed by atoms with van der Waals surface area (Å²) in [5.74, 6) is -3.28. The molecule has 1 aromatic carbocycles. The average molecular weight is 451 g/mol. The smallest absolute Gasteiger partial charge is 0.417 e. The highest BCUT2D eigenvalue weighted by molar-refractivity contribution is 6.23. The van der Waals surface area contributed by atoms with Crippen LogP contribution in [0.4, 0.5) is 23.7 Å². The van der Waals surface area contributed by atoms with Gasteiger partial charge in [0.1, 0.15) is 0 Å². The summed E-state index contributed by atoms with van der Waals surface area (Å²) < 4.78 is 51.2. The summed E-state index contributed by atoms with van der Waals surface area (Å²) in [6, 6.07) is 3.56. The van der Waals surface area contributed by atoms with Crippen LogP contribution in [0.3, 0.4) is 0 Å². The fourth-order valence-electron chi connectivity index (χ4n) is 5.32. The number of ether oxygens (including phenoxy) is 2. The quantitative estimate of drug-likeness (QED) is 0.708. The largest absolute Gasteiger partial charge is 0.450 e. The van der Waals surface area contributed by atoms with E-state index >= 15 is 0 Å². The molecule has 4 rings (SSSR count). The molecule has 3 fully saturated rings. The fourth-order valence-corrected chi connectivity index (χ4v) is 5.32. The molecule has 32 heavy (non-hydrogen) atoms.